The molecule has 1 fully saturated rings. The molecular weight excluding hydrogens is 365 g/mol. The van der Waals surface area contributed by atoms with Crippen molar-refractivity contribution < 1.29 is 9.18 Å². The maximum absolute atomic E-state index is 13.4. The molecule has 0 unspecified atom stereocenters. The van der Waals surface area contributed by atoms with Crippen molar-refractivity contribution >= 4 is 17.3 Å². The minimum Gasteiger partial charge on any atom is -0.354 e. The van der Waals surface area contributed by atoms with Crippen LogP contribution in [-0.4, -0.2) is 28.9 Å². The van der Waals surface area contributed by atoms with E-state index in [4.69, 9.17) is 0 Å². The van der Waals surface area contributed by atoms with Gasteiger partial charge in [0, 0.05) is 25.0 Å². The van der Waals surface area contributed by atoms with Crippen LogP contribution in [0.2, 0.25) is 0 Å². The van der Waals surface area contributed by atoms with Crippen molar-refractivity contribution in [3.05, 3.63) is 90.0 Å². The zero-order chi connectivity index (χ0) is 20.1. The molecule has 148 valence electrons. The summed E-state index contributed by atoms with van der Waals surface area (Å²) in [5.41, 5.74) is 3.20. The number of likely N-dealkylation sites (tertiary alicyclic amines) is 1. The van der Waals surface area contributed by atoms with E-state index in [0.717, 1.165) is 32.4 Å². The van der Waals surface area contributed by atoms with E-state index in [1.807, 2.05) is 11.0 Å². The number of carbonyl (C=O) groups is 1. The van der Waals surface area contributed by atoms with Crippen LogP contribution in [0, 0.1) is 11.7 Å². The topological polar surface area (TPSA) is 45.2 Å². The Morgan fingerprint density at radius 1 is 1.00 bits per heavy atom. The lowest BCUT2D eigenvalue weighted by molar-refractivity contribution is 0.0690. The second-order valence-electron chi connectivity index (χ2n) is 7.52. The second kappa shape index (κ2) is 8.86. The number of benzene rings is 2. The number of aromatic nitrogens is 1. The number of piperidine rings is 1. The van der Waals surface area contributed by atoms with Gasteiger partial charge in [-0.3, -0.25) is 9.78 Å². The van der Waals surface area contributed by atoms with E-state index in [1.165, 1.54) is 17.7 Å². The van der Waals surface area contributed by atoms with Gasteiger partial charge in [0.2, 0.25) is 0 Å². The Hall–Kier alpha value is -3.21. The standard InChI is InChI=1S/C24H24FN3O/c25-21-7-4-8-22(15-21)27-23-14-20(16-26-17-23)24(29)28-11-9-19(10-12-28)13-18-5-2-1-3-6-18/h1-8,14-17,19,27H,9-13H2. The molecule has 1 saturated heterocycles. The third-order valence-electron chi connectivity index (χ3n) is 5.37. The number of rotatable bonds is 5. The van der Waals surface area contributed by atoms with Crippen molar-refractivity contribution in [1.29, 1.82) is 0 Å². The largest absolute Gasteiger partial charge is 0.354 e. The third kappa shape index (κ3) is 4.99. The van der Waals surface area contributed by atoms with Crippen molar-refractivity contribution in [3.8, 4) is 0 Å². The first-order valence-corrected chi connectivity index (χ1v) is 9.98. The third-order valence-corrected chi connectivity index (χ3v) is 5.37. The Balaban J connectivity index is 1.36. The van der Waals surface area contributed by atoms with Crippen LogP contribution in [-0.2, 0) is 6.42 Å². The fraction of sp³-hybridized carbons (Fsp3) is 0.250. The predicted octanol–water partition coefficient (Wildman–Crippen LogP) is 5.06. The second-order valence-corrected chi connectivity index (χ2v) is 7.52. The first-order chi connectivity index (χ1) is 14.2. The van der Waals surface area contributed by atoms with Crippen LogP contribution in [0.3, 0.4) is 0 Å². The summed E-state index contributed by atoms with van der Waals surface area (Å²) in [6, 6.07) is 18.5. The molecular formula is C24H24FN3O. The lowest BCUT2D eigenvalue weighted by Gasteiger charge is -2.32. The fourth-order valence-corrected chi connectivity index (χ4v) is 3.83. The molecule has 1 aromatic heterocycles. The summed E-state index contributed by atoms with van der Waals surface area (Å²) < 4.78 is 13.4. The molecule has 1 aliphatic heterocycles. The number of anilines is 2. The number of carbonyl (C=O) groups excluding carboxylic acids is 1. The van der Waals surface area contributed by atoms with Crippen LogP contribution in [0.25, 0.3) is 0 Å². The average molecular weight is 389 g/mol. The highest BCUT2D eigenvalue weighted by atomic mass is 19.1. The summed E-state index contributed by atoms with van der Waals surface area (Å²) in [4.78, 5) is 19.0. The highest BCUT2D eigenvalue weighted by Crippen LogP contribution is 2.24. The van der Waals surface area contributed by atoms with E-state index >= 15 is 0 Å². The van der Waals surface area contributed by atoms with Gasteiger partial charge in [0.25, 0.3) is 5.91 Å². The van der Waals surface area contributed by atoms with Gasteiger partial charge in [-0.25, -0.2) is 4.39 Å². The van der Waals surface area contributed by atoms with Crippen LogP contribution >= 0.6 is 0 Å². The maximum atomic E-state index is 13.4. The van der Waals surface area contributed by atoms with Crippen molar-refractivity contribution in [3.63, 3.8) is 0 Å². The Morgan fingerprint density at radius 3 is 2.55 bits per heavy atom. The van der Waals surface area contributed by atoms with Gasteiger partial charge in [-0.2, -0.15) is 0 Å². The van der Waals surface area contributed by atoms with E-state index in [0.29, 0.717) is 22.9 Å². The molecule has 1 aliphatic rings. The Kier molecular flexibility index (Phi) is 5.84. The van der Waals surface area contributed by atoms with E-state index in [-0.39, 0.29) is 11.7 Å². The first-order valence-electron chi connectivity index (χ1n) is 9.98. The van der Waals surface area contributed by atoms with Gasteiger partial charge in [0.15, 0.2) is 0 Å². The van der Waals surface area contributed by atoms with Gasteiger partial charge >= 0.3 is 0 Å². The Labute approximate surface area is 170 Å². The smallest absolute Gasteiger partial charge is 0.255 e. The number of halogens is 1. The SMILES string of the molecule is O=C(c1cncc(Nc2cccc(F)c2)c1)N1CCC(Cc2ccccc2)CC1. The zero-order valence-corrected chi connectivity index (χ0v) is 16.2. The van der Waals surface area contributed by atoms with E-state index < -0.39 is 0 Å². The minimum absolute atomic E-state index is 0.00134. The molecule has 2 heterocycles. The highest BCUT2D eigenvalue weighted by molar-refractivity contribution is 5.95. The minimum atomic E-state index is -0.312. The molecule has 0 spiro atoms. The van der Waals surface area contributed by atoms with Crippen LogP contribution < -0.4 is 5.32 Å². The Morgan fingerprint density at radius 2 is 1.79 bits per heavy atom. The molecule has 0 atom stereocenters. The van der Waals surface area contributed by atoms with Gasteiger partial charge in [-0.15, -0.1) is 0 Å². The molecule has 5 heteroatoms. The lowest BCUT2D eigenvalue weighted by Crippen LogP contribution is -2.39. The molecule has 1 amide bonds. The monoisotopic (exact) mass is 389 g/mol. The zero-order valence-electron chi connectivity index (χ0n) is 16.2. The van der Waals surface area contributed by atoms with Crippen LogP contribution in [0.4, 0.5) is 15.8 Å². The molecule has 4 rings (SSSR count). The molecule has 3 aromatic rings. The number of amides is 1. The predicted molar refractivity (Wildman–Crippen MR) is 113 cm³/mol. The van der Waals surface area contributed by atoms with E-state index in [2.05, 4.69) is 34.6 Å². The normalized spacial score (nSPS) is 14.6. The average Bonchev–Trinajstić information content (AvgIpc) is 2.75. The van der Waals surface area contributed by atoms with Crippen molar-refractivity contribution in [2.45, 2.75) is 19.3 Å². The number of nitrogens with one attached hydrogen (secondary N) is 1. The molecule has 29 heavy (non-hydrogen) atoms. The van der Waals surface area contributed by atoms with Gasteiger partial charge < -0.3 is 10.2 Å². The summed E-state index contributed by atoms with van der Waals surface area (Å²) in [5.74, 6) is 0.299. The first kappa shape index (κ1) is 19.1. The summed E-state index contributed by atoms with van der Waals surface area (Å²) >= 11 is 0. The lowest BCUT2D eigenvalue weighted by atomic mass is 9.90. The quantitative estimate of drug-likeness (QED) is 0.663. The molecule has 0 bridgehead atoms. The number of hydrogen-bond acceptors (Lipinski definition) is 3. The highest BCUT2D eigenvalue weighted by Gasteiger charge is 2.24. The van der Waals surface area contributed by atoms with Gasteiger partial charge in [0.05, 0.1) is 17.4 Å². The molecule has 0 aliphatic carbocycles. The fourth-order valence-electron chi connectivity index (χ4n) is 3.83. The number of hydrogen-bond donors (Lipinski definition) is 1. The molecule has 0 saturated carbocycles. The summed E-state index contributed by atoms with van der Waals surface area (Å²) in [6.07, 6.45) is 6.31. The van der Waals surface area contributed by atoms with Crippen molar-refractivity contribution in [2.75, 3.05) is 18.4 Å². The summed E-state index contributed by atoms with van der Waals surface area (Å²) in [5, 5.41) is 3.10. The molecule has 0 radical (unpaired) electrons. The molecule has 2 aromatic carbocycles. The molecule has 4 nitrogen and oxygen atoms in total. The van der Waals surface area contributed by atoms with Gasteiger partial charge in [0.1, 0.15) is 5.82 Å². The van der Waals surface area contributed by atoms with Crippen LogP contribution in [0.5, 0.6) is 0 Å². The Bertz CT molecular complexity index is 969. The van der Waals surface area contributed by atoms with Crippen LogP contribution in [0.1, 0.15) is 28.8 Å². The summed E-state index contributed by atoms with van der Waals surface area (Å²) in [7, 11) is 0. The van der Waals surface area contributed by atoms with Crippen LogP contribution in [0.15, 0.2) is 73.1 Å². The molecule has 1 N–H and O–H groups in total. The van der Waals surface area contributed by atoms with Crippen molar-refractivity contribution in [1.82, 2.24) is 9.88 Å². The number of nitrogens with zero attached hydrogens (tertiary/aromatic N) is 2. The van der Waals surface area contributed by atoms with E-state index in [9.17, 15) is 9.18 Å². The van der Waals surface area contributed by atoms with Gasteiger partial charge in [-0.05, 0) is 55.0 Å². The van der Waals surface area contributed by atoms with Crippen molar-refractivity contribution in [2.24, 2.45) is 5.92 Å². The van der Waals surface area contributed by atoms with Gasteiger partial charge in [-0.1, -0.05) is 36.4 Å². The summed E-state index contributed by atoms with van der Waals surface area (Å²) in [6.45, 7) is 1.52. The van der Waals surface area contributed by atoms with E-state index in [1.54, 1.807) is 30.6 Å². The number of pyridine rings is 1. The maximum Gasteiger partial charge on any atom is 0.255 e.